The Morgan fingerprint density at radius 2 is 2.17 bits per heavy atom. The summed E-state index contributed by atoms with van der Waals surface area (Å²) in [5, 5.41) is 6.06. The molecule has 0 saturated carbocycles. The van der Waals surface area contributed by atoms with E-state index in [1.165, 1.54) is 6.92 Å². The topological polar surface area (TPSA) is 115 Å². The molecule has 1 aliphatic rings. The van der Waals surface area contributed by atoms with E-state index >= 15 is 0 Å². The van der Waals surface area contributed by atoms with Gasteiger partial charge in [0.2, 0.25) is 0 Å². The van der Waals surface area contributed by atoms with E-state index in [1.54, 1.807) is 0 Å². The van der Waals surface area contributed by atoms with Gasteiger partial charge in [0.05, 0.1) is 6.61 Å². The van der Waals surface area contributed by atoms with Gasteiger partial charge in [0.25, 0.3) is 0 Å². The number of esters is 1. The third kappa shape index (κ3) is 11.5. The molecule has 0 aromatic heterocycles. The number of rotatable bonds is 2. The molecule has 0 amide bonds. The minimum Gasteiger partial charge on any atom is -0.463 e. The van der Waals surface area contributed by atoms with Crippen LogP contribution in [0.25, 0.3) is 0 Å². The standard InChI is InChI=1S/C5H8O3.CH5N3/c1-4(6)7-2-5-3-8-5;2-1(3)4/h5H,2-3H2,1H3;(H5,2,3,4). The molecule has 0 aliphatic carbocycles. The van der Waals surface area contributed by atoms with Crippen molar-refractivity contribution in [3.05, 3.63) is 0 Å². The zero-order valence-corrected chi connectivity index (χ0v) is 6.87. The van der Waals surface area contributed by atoms with Crippen LogP contribution in [0.1, 0.15) is 6.92 Å². The highest BCUT2D eigenvalue weighted by Gasteiger charge is 2.23. The zero-order valence-electron chi connectivity index (χ0n) is 6.87. The van der Waals surface area contributed by atoms with Gasteiger partial charge in [-0.1, -0.05) is 0 Å². The molecule has 6 nitrogen and oxygen atoms in total. The lowest BCUT2D eigenvalue weighted by molar-refractivity contribution is -0.141. The van der Waals surface area contributed by atoms with Crippen molar-refractivity contribution in [2.24, 2.45) is 11.5 Å². The molecule has 12 heavy (non-hydrogen) atoms. The van der Waals surface area contributed by atoms with Crippen molar-refractivity contribution < 1.29 is 14.3 Å². The van der Waals surface area contributed by atoms with Crippen LogP contribution >= 0.6 is 0 Å². The van der Waals surface area contributed by atoms with Crippen molar-refractivity contribution in [2.45, 2.75) is 13.0 Å². The summed E-state index contributed by atoms with van der Waals surface area (Å²) in [6, 6.07) is 0. The van der Waals surface area contributed by atoms with Gasteiger partial charge in [0.1, 0.15) is 12.7 Å². The second-order valence-electron chi connectivity index (χ2n) is 2.21. The van der Waals surface area contributed by atoms with Crippen molar-refractivity contribution >= 4 is 11.9 Å². The highest BCUT2D eigenvalue weighted by atomic mass is 16.6. The average Bonchev–Trinajstić information content (AvgIpc) is 2.63. The summed E-state index contributed by atoms with van der Waals surface area (Å²) >= 11 is 0. The fourth-order valence-corrected chi connectivity index (χ4v) is 0.375. The van der Waals surface area contributed by atoms with Gasteiger partial charge in [0.15, 0.2) is 5.96 Å². The first-order chi connectivity index (χ1) is 5.52. The van der Waals surface area contributed by atoms with Gasteiger partial charge in [0, 0.05) is 6.92 Å². The minimum atomic E-state index is -0.333. The normalized spacial score (nSPS) is 18.6. The lowest BCUT2D eigenvalue weighted by Gasteiger charge is -1.93. The number of epoxide rings is 1. The number of carbonyl (C=O) groups is 1. The van der Waals surface area contributed by atoms with E-state index in [-0.39, 0.29) is 18.0 Å². The first kappa shape index (κ1) is 10.7. The van der Waals surface area contributed by atoms with Crippen LogP contribution in [0, 0.1) is 5.41 Å². The molecule has 0 spiro atoms. The van der Waals surface area contributed by atoms with Crippen LogP contribution < -0.4 is 11.5 Å². The van der Waals surface area contributed by atoms with Gasteiger partial charge in [-0.15, -0.1) is 0 Å². The third-order valence-corrected chi connectivity index (χ3v) is 0.875. The quantitative estimate of drug-likeness (QED) is 0.211. The summed E-state index contributed by atoms with van der Waals surface area (Å²) in [4.78, 5) is 10.1. The van der Waals surface area contributed by atoms with Crippen molar-refractivity contribution in [2.75, 3.05) is 13.2 Å². The fourth-order valence-electron chi connectivity index (χ4n) is 0.375. The van der Waals surface area contributed by atoms with Crippen LogP contribution in [0.5, 0.6) is 0 Å². The Labute approximate surface area is 70.3 Å². The predicted molar refractivity (Wildman–Crippen MR) is 42.5 cm³/mol. The molecule has 70 valence electrons. The van der Waals surface area contributed by atoms with Crippen molar-refractivity contribution in [1.82, 2.24) is 0 Å². The molecular weight excluding hydrogens is 162 g/mol. The van der Waals surface area contributed by atoms with E-state index in [2.05, 4.69) is 16.2 Å². The highest BCUT2D eigenvalue weighted by molar-refractivity contribution is 5.71. The SMILES string of the molecule is CC(=O)OCC1CO1.N=C(N)N. The van der Waals surface area contributed by atoms with Crippen molar-refractivity contribution in [3.63, 3.8) is 0 Å². The number of nitrogens with one attached hydrogen (secondary N) is 1. The molecule has 1 unspecified atom stereocenters. The van der Waals surface area contributed by atoms with Crippen LogP contribution in [0.15, 0.2) is 0 Å². The van der Waals surface area contributed by atoms with Crippen molar-refractivity contribution in [1.29, 1.82) is 5.41 Å². The van der Waals surface area contributed by atoms with E-state index in [0.717, 1.165) is 6.61 Å². The molecule has 5 N–H and O–H groups in total. The number of carbonyl (C=O) groups excluding carboxylic acids is 1. The Bertz CT molecular complexity index is 163. The molecule has 0 radical (unpaired) electrons. The second kappa shape index (κ2) is 5.36. The second-order valence-corrected chi connectivity index (χ2v) is 2.21. The maximum atomic E-state index is 10.1. The molecule has 1 fully saturated rings. The zero-order chi connectivity index (χ0) is 9.56. The maximum absolute atomic E-state index is 10.1. The van der Waals surface area contributed by atoms with Crippen LogP contribution in [0.3, 0.4) is 0 Å². The molecule has 6 heteroatoms. The van der Waals surface area contributed by atoms with Gasteiger partial charge < -0.3 is 20.9 Å². The molecule has 1 atom stereocenters. The smallest absolute Gasteiger partial charge is 0.302 e. The first-order valence-electron chi connectivity index (χ1n) is 3.37. The highest BCUT2D eigenvalue weighted by Crippen LogP contribution is 2.07. The molecule has 1 saturated heterocycles. The minimum absolute atomic E-state index is 0.193. The van der Waals surface area contributed by atoms with Gasteiger partial charge in [-0.25, -0.2) is 0 Å². The van der Waals surface area contributed by atoms with Crippen LogP contribution in [-0.2, 0) is 14.3 Å². The largest absolute Gasteiger partial charge is 0.463 e. The molecule has 0 aromatic carbocycles. The predicted octanol–water partition coefficient (Wildman–Crippen LogP) is -1.21. The fraction of sp³-hybridized carbons (Fsp3) is 0.667. The van der Waals surface area contributed by atoms with Crippen LogP contribution in [0.2, 0.25) is 0 Å². The number of guanidine groups is 1. The lowest BCUT2D eigenvalue weighted by Crippen LogP contribution is -2.20. The average molecular weight is 175 g/mol. The number of hydrogen-bond donors (Lipinski definition) is 3. The number of hydrogen-bond acceptors (Lipinski definition) is 4. The Kier molecular flexibility index (Phi) is 4.78. The Balaban J connectivity index is 0.000000261. The summed E-state index contributed by atoms with van der Waals surface area (Å²) in [5.74, 6) is -0.569. The number of nitrogens with two attached hydrogens (primary N) is 2. The summed E-state index contributed by atoms with van der Waals surface area (Å²) in [5.41, 5.74) is 8.94. The van der Waals surface area contributed by atoms with Crippen molar-refractivity contribution in [3.8, 4) is 0 Å². The molecule has 1 aliphatic heterocycles. The Morgan fingerprint density at radius 3 is 2.42 bits per heavy atom. The van der Waals surface area contributed by atoms with Gasteiger partial charge in [-0.3, -0.25) is 10.2 Å². The molecule has 1 rings (SSSR count). The summed E-state index contributed by atoms with van der Waals surface area (Å²) in [6.45, 7) is 2.56. The summed E-state index contributed by atoms with van der Waals surface area (Å²) < 4.78 is 9.38. The lowest BCUT2D eigenvalue weighted by atomic mass is 10.5. The molecule has 0 aromatic rings. The van der Waals surface area contributed by atoms with E-state index in [0.29, 0.717) is 6.61 Å². The Hall–Kier alpha value is -1.30. The molecule has 1 heterocycles. The molecule has 0 bridgehead atoms. The summed E-state index contributed by atoms with van der Waals surface area (Å²) in [6.07, 6.45) is 0.193. The first-order valence-corrected chi connectivity index (χ1v) is 3.37. The van der Waals surface area contributed by atoms with E-state index in [1.807, 2.05) is 0 Å². The van der Waals surface area contributed by atoms with Gasteiger partial charge >= 0.3 is 5.97 Å². The van der Waals surface area contributed by atoms with E-state index in [9.17, 15) is 4.79 Å². The van der Waals surface area contributed by atoms with E-state index < -0.39 is 0 Å². The van der Waals surface area contributed by atoms with Crippen LogP contribution in [-0.4, -0.2) is 31.2 Å². The van der Waals surface area contributed by atoms with Crippen LogP contribution in [0.4, 0.5) is 0 Å². The Morgan fingerprint density at radius 1 is 1.75 bits per heavy atom. The molecular formula is C6H13N3O3. The van der Waals surface area contributed by atoms with Gasteiger partial charge in [-0.2, -0.15) is 0 Å². The van der Waals surface area contributed by atoms with E-state index in [4.69, 9.17) is 10.1 Å². The third-order valence-electron chi connectivity index (χ3n) is 0.875. The monoisotopic (exact) mass is 175 g/mol. The summed E-state index contributed by atoms with van der Waals surface area (Å²) in [7, 11) is 0. The number of ether oxygens (including phenoxy) is 2. The van der Waals surface area contributed by atoms with Gasteiger partial charge in [-0.05, 0) is 0 Å². The maximum Gasteiger partial charge on any atom is 0.302 e.